The Balaban J connectivity index is 2.19. The summed E-state index contributed by atoms with van der Waals surface area (Å²) in [5.74, 6) is -1.76. The summed E-state index contributed by atoms with van der Waals surface area (Å²) in [7, 11) is 1.54. The standard InChI is InChI=1S/C21H25BrN2O7S/c1-21(2,3)31-20(29)17(14(26)10-22)24-18(28)16(19(24)32-11-25)23-15(27)9-12-5-7-13(30-4)8-6-12/h5-8,11,16,19,26H,9-10H2,1-4H3,(H,23,27)/b17-14+. The van der Waals surface area contributed by atoms with Gasteiger partial charge in [0.1, 0.15) is 28.5 Å². The SMILES string of the molecule is COc1ccc(CC(=O)NC2C(=O)N(/C(C(=O)OC(C)(C)C)=C(/O)CBr)C2SC=O)cc1. The fourth-order valence-electron chi connectivity index (χ4n) is 2.93. The van der Waals surface area contributed by atoms with Gasteiger partial charge >= 0.3 is 5.97 Å². The van der Waals surface area contributed by atoms with E-state index in [1.807, 2.05) is 0 Å². The molecule has 174 valence electrons. The number of nitrogens with one attached hydrogen (secondary N) is 1. The molecule has 2 unspecified atom stereocenters. The van der Waals surface area contributed by atoms with E-state index in [-0.39, 0.29) is 17.4 Å². The fourth-order valence-corrected chi connectivity index (χ4v) is 3.98. The molecular weight excluding hydrogens is 504 g/mol. The number of likely N-dealkylation sites (tertiary alicyclic amines) is 1. The maximum Gasteiger partial charge on any atom is 0.359 e. The lowest BCUT2D eigenvalue weighted by Gasteiger charge is -2.46. The number of carbonyl (C=O) groups excluding carboxylic acids is 4. The number of methoxy groups -OCH3 is 1. The Labute approximate surface area is 198 Å². The summed E-state index contributed by atoms with van der Waals surface area (Å²) in [6.45, 7) is 4.93. The average molecular weight is 529 g/mol. The van der Waals surface area contributed by atoms with Crippen molar-refractivity contribution < 1.29 is 33.8 Å². The van der Waals surface area contributed by atoms with Crippen LogP contribution in [0.15, 0.2) is 35.7 Å². The van der Waals surface area contributed by atoms with Crippen molar-refractivity contribution in [1.82, 2.24) is 10.2 Å². The smallest absolute Gasteiger partial charge is 0.359 e. The highest BCUT2D eigenvalue weighted by atomic mass is 79.9. The van der Waals surface area contributed by atoms with E-state index >= 15 is 0 Å². The molecule has 0 aromatic heterocycles. The number of thioether (sulfide) groups is 1. The molecule has 1 aromatic carbocycles. The van der Waals surface area contributed by atoms with Crippen LogP contribution in [0.2, 0.25) is 0 Å². The molecule has 1 heterocycles. The predicted octanol–water partition coefficient (Wildman–Crippen LogP) is 2.32. The highest BCUT2D eigenvalue weighted by molar-refractivity contribution is 9.09. The van der Waals surface area contributed by atoms with Gasteiger partial charge in [-0.2, -0.15) is 0 Å². The van der Waals surface area contributed by atoms with Crippen LogP contribution in [-0.4, -0.2) is 62.9 Å². The summed E-state index contributed by atoms with van der Waals surface area (Å²) in [6.07, 6.45) is 0.00760. The van der Waals surface area contributed by atoms with Gasteiger partial charge in [-0.15, -0.1) is 0 Å². The minimum atomic E-state index is -1.04. The van der Waals surface area contributed by atoms with E-state index in [1.165, 1.54) is 7.11 Å². The monoisotopic (exact) mass is 528 g/mol. The van der Waals surface area contributed by atoms with Crippen LogP contribution < -0.4 is 10.1 Å². The first kappa shape index (κ1) is 25.7. The molecule has 0 spiro atoms. The first-order valence-electron chi connectivity index (χ1n) is 9.58. The van der Waals surface area contributed by atoms with E-state index in [0.29, 0.717) is 28.7 Å². The van der Waals surface area contributed by atoms with Gasteiger partial charge in [-0.05, 0) is 38.5 Å². The molecule has 2 N–H and O–H groups in total. The molecule has 32 heavy (non-hydrogen) atoms. The average Bonchev–Trinajstić information content (AvgIpc) is 2.73. The minimum absolute atomic E-state index is 0.00760. The summed E-state index contributed by atoms with van der Waals surface area (Å²) in [4.78, 5) is 50.2. The van der Waals surface area contributed by atoms with Gasteiger partial charge in [0.05, 0.1) is 18.9 Å². The van der Waals surface area contributed by atoms with Crippen molar-refractivity contribution in [2.75, 3.05) is 12.4 Å². The third kappa shape index (κ3) is 6.26. The zero-order valence-electron chi connectivity index (χ0n) is 18.1. The fraction of sp³-hybridized carbons (Fsp3) is 0.429. The number of benzene rings is 1. The largest absolute Gasteiger partial charge is 0.509 e. The van der Waals surface area contributed by atoms with Gasteiger partial charge < -0.3 is 19.9 Å². The van der Waals surface area contributed by atoms with Gasteiger partial charge in [-0.25, -0.2) is 4.79 Å². The Bertz CT molecular complexity index is 912. The lowest BCUT2D eigenvalue weighted by Crippen LogP contribution is -2.69. The Hall–Kier alpha value is -2.53. The van der Waals surface area contributed by atoms with Crippen molar-refractivity contribution in [2.45, 2.75) is 44.2 Å². The quantitative estimate of drug-likeness (QED) is 0.125. The minimum Gasteiger partial charge on any atom is -0.509 e. The number of aliphatic hydroxyl groups excluding tert-OH is 1. The van der Waals surface area contributed by atoms with Crippen molar-refractivity contribution >= 4 is 51.1 Å². The van der Waals surface area contributed by atoms with Crippen molar-refractivity contribution in [2.24, 2.45) is 0 Å². The number of β-lactam (4-membered cyclic amide) rings is 1. The molecule has 0 aliphatic carbocycles. The molecule has 1 aliphatic heterocycles. The van der Waals surface area contributed by atoms with Crippen LogP contribution in [0.25, 0.3) is 0 Å². The van der Waals surface area contributed by atoms with Crippen molar-refractivity contribution in [3.05, 3.63) is 41.3 Å². The number of alkyl halides is 1. The zero-order valence-corrected chi connectivity index (χ0v) is 20.5. The van der Waals surface area contributed by atoms with Crippen LogP contribution in [0.5, 0.6) is 5.75 Å². The van der Waals surface area contributed by atoms with E-state index in [1.54, 1.807) is 45.0 Å². The van der Waals surface area contributed by atoms with Crippen molar-refractivity contribution in [3.63, 3.8) is 0 Å². The van der Waals surface area contributed by atoms with E-state index in [4.69, 9.17) is 9.47 Å². The lowest BCUT2D eigenvalue weighted by atomic mass is 10.0. The number of hydrogen-bond donors (Lipinski definition) is 2. The third-order valence-corrected chi connectivity index (χ3v) is 5.72. The number of ether oxygens (including phenoxy) is 2. The number of nitrogens with zero attached hydrogens (tertiary/aromatic N) is 1. The molecule has 2 amide bonds. The molecule has 1 fully saturated rings. The van der Waals surface area contributed by atoms with Crippen LogP contribution in [0, 0.1) is 0 Å². The lowest BCUT2D eigenvalue weighted by molar-refractivity contribution is -0.159. The maximum absolute atomic E-state index is 12.8. The number of allylic oxidation sites excluding steroid dienone is 1. The predicted molar refractivity (Wildman–Crippen MR) is 123 cm³/mol. The number of carbonyl (C=O) groups is 4. The molecule has 0 saturated carbocycles. The number of amides is 2. The second-order valence-corrected chi connectivity index (χ2v) is 9.34. The molecule has 0 radical (unpaired) electrons. The van der Waals surface area contributed by atoms with E-state index in [0.717, 1.165) is 4.90 Å². The molecule has 0 bridgehead atoms. The van der Waals surface area contributed by atoms with Crippen LogP contribution in [0.4, 0.5) is 0 Å². The highest BCUT2D eigenvalue weighted by Gasteiger charge is 2.53. The zero-order chi connectivity index (χ0) is 24.1. The number of rotatable bonds is 9. The number of aliphatic hydroxyl groups is 1. The van der Waals surface area contributed by atoms with E-state index < -0.39 is 40.6 Å². The molecule has 1 aliphatic rings. The van der Waals surface area contributed by atoms with E-state index in [9.17, 15) is 24.3 Å². The molecule has 9 nitrogen and oxygen atoms in total. The summed E-state index contributed by atoms with van der Waals surface area (Å²) in [5.41, 5.74) is -0.0353. The third-order valence-electron chi connectivity index (χ3n) is 4.31. The molecule has 1 aromatic rings. The Morgan fingerprint density at radius 1 is 1.28 bits per heavy atom. The summed E-state index contributed by atoms with van der Waals surface area (Å²) >= 11 is 3.77. The second-order valence-electron chi connectivity index (χ2n) is 7.83. The maximum atomic E-state index is 12.8. The highest BCUT2D eigenvalue weighted by Crippen LogP contribution is 2.35. The normalized spacial score (nSPS) is 18.9. The molecule has 2 rings (SSSR count). The molecule has 1 saturated heterocycles. The van der Waals surface area contributed by atoms with Gasteiger partial charge in [0, 0.05) is 0 Å². The first-order valence-corrected chi connectivity index (χ1v) is 11.6. The molecular formula is C21H25BrN2O7S. The van der Waals surface area contributed by atoms with Gasteiger partial charge in [0.2, 0.25) is 5.91 Å². The van der Waals surface area contributed by atoms with Crippen molar-refractivity contribution in [1.29, 1.82) is 0 Å². The Kier molecular flexibility index (Phi) is 8.73. The molecule has 2 atom stereocenters. The molecule has 11 heteroatoms. The Morgan fingerprint density at radius 2 is 1.91 bits per heavy atom. The van der Waals surface area contributed by atoms with Gasteiger partial charge in [0.25, 0.3) is 5.91 Å². The van der Waals surface area contributed by atoms with Crippen LogP contribution in [0.3, 0.4) is 0 Å². The topological polar surface area (TPSA) is 122 Å². The Morgan fingerprint density at radius 3 is 2.41 bits per heavy atom. The van der Waals surface area contributed by atoms with Crippen molar-refractivity contribution in [3.8, 4) is 5.75 Å². The second kappa shape index (κ2) is 10.9. The van der Waals surface area contributed by atoms with Crippen LogP contribution >= 0.6 is 27.7 Å². The number of esters is 1. The summed E-state index contributed by atoms with van der Waals surface area (Å²) in [6, 6.07) is 5.83. The van der Waals surface area contributed by atoms with Gasteiger partial charge in [0.15, 0.2) is 11.3 Å². The van der Waals surface area contributed by atoms with Gasteiger partial charge in [-0.1, -0.05) is 39.8 Å². The summed E-state index contributed by atoms with van der Waals surface area (Å²) < 4.78 is 10.4. The van der Waals surface area contributed by atoms with Gasteiger partial charge in [-0.3, -0.25) is 19.3 Å². The van der Waals surface area contributed by atoms with Crippen LogP contribution in [-0.2, 0) is 30.3 Å². The summed E-state index contributed by atoms with van der Waals surface area (Å²) in [5, 5.41) is 11.8. The van der Waals surface area contributed by atoms with Crippen LogP contribution in [0.1, 0.15) is 26.3 Å². The first-order chi connectivity index (χ1) is 15.0. The number of halogens is 1. The van der Waals surface area contributed by atoms with E-state index in [2.05, 4.69) is 21.2 Å². The number of hydrogen-bond acceptors (Lipinski definition) is 8.